The van der Waals surface area contributed by atoms with E-state index >= 15 is 0 Å². The van der Waals surface area contributed by atoms with E-state index < -0.39 is 0 Å². The molecule has 2 aromatic heterocycles. The maximum atomic E-state index is 12.9. The first-order chi connectivity index (χ1) is 13.1. The van der Waals surface area contributed by atoms with Gasteiger partial charge >= 0.3 is 0 Å². The van der Waals surface area contributed by atoms with E-state index in [1.54, 1.807) is 9.42 Å². The maximum absolute atomic E-state index is 12.9. The Morgan fingerprint density at radius 2 is 1.89 bits per heavy atom. The number of nitrogens with zero attached hydrogens (tertiary/aromatic N) is 5. The molecule has 1 fully saturated rings. The Labute approximate surface area is 165 Å². The SMILES string of the molecule is CCc1nn2c(C)c(C(=O)N3CCOCC3)nnc2c1-c1ccc(Br)cc1. The van der Waals surface area contributed by atoms with E-state index in [-0.39, 0.29) is 5.91 Å². The Hall–Kier alpha value is -2.32. The van der Waals surface area contributed by atoms with Crippen molar-refractivity contribution < 1.29 is 9.53 Å². The topological polar surface area (TPSA) is 72.6 Å². The van der Waals surface area contributed by atoms with Gasteiger partial charge < -0.3 is 9.64 Å². The van der Waals surface area contributed by atoms with E-state index in [4.69, 9.17) is 9.84 Å². The maximum Gasteiger partial charge on any atom is 0.276 e. The highest BCUT2D eigenvalue weighted by molar-refractivity contribution is 9.10. The van der Waals surface area contributed by atoms with Crippen LogP contribution in [0.1, 0.15) is 28.8 Å². The molecule has 1 aliphatic rings. The zero-order chi connectivity index (χ0) is 19.0. The smallest absolute Gasteiger partial charge is 0.276 e. The Balaban J connectivity index is 1.82. The number of benzene rings is 1. The minimum Gasteiger partial charge on any atom is -0.378 e. The standard InChI is InChI=1S/C19H20BrN5O2/c1-3-15-16(13-4-6-14(20)7-5-13)18-22-21-17(12(2)25(18)23-15)19(26)24-8-10-27-11-9-24/h4-7H,3,8-11H2,1-2H3. The van der Waals surface area contributed by atoms with Gasteiger partial charge in [-0.25, -0.2) is 4.52 Å². The molecule has 1 aromatic carbocycles. The summed E-state index contributed by atoms with van der Waals surface area (Å²) in [5, 5.41) is 13.4. The number of hydrogen-bond donors (Lipinski definition) is 0. The van der Waals surface area contributed by atoms with Crippen LogP contribution in [0.5, 0.6) is 0 Å². The fraction of sp³-hybridized carbons (Fsp3) is 0.368. The van der Waals surface area contributed by atoms with Crippen LogP contribution in [0, 0.1) is 6.92 Å². The van der Waals surface area contributed by atoms with Crippen molar-refractivity contribution in [3.63, 3.8) is 0 Å². The van der Waals surface area contributed by atoms with Crippen molar-refractivity contribution in [2.45, 2.75) is 20.3 Å². The molecule has 140 valence electrons. The number of carbonyl (C=O) groups excluding carboxylic acids is 1. The van der Waals surface area contributed by atoms with Crippen LogP contribution >= 0.6 is 15.9 Å². The van der Waals surface area contributed by atoms with Crippen LogP contribution in [-0.2, 0) is 11.2 Å². The number of ether oxygens (including phenoxy) is 1. The van der Waals surface area contributed by atoms with E-state index in [0.717, 1.165) is 27.7 Å². The number of fused-ring (bicyclic) bond motifs is 1. The second-order valence-corrected chi connectivity index (χ2v) is 7.37. The molecule has 0 atom stereocenters. The number of hydrogen-bond acceptors (Lipinski definition) is 5. The number of carbonyl (C=O) groups is 1. The molecule has 1 amide bonds. The fourth-order valence-electron chi connectivity index (χ4n) is 3.32. The lowest BCUT2D eigenvalue weighted by Gasteiger charge is -2.26. The Morgan fingerprint density at radius 1 is 1.19 bits per heavy atom. The summed E-state index contributed by atoms with van der Waals surface area (Å²) in [6.07, 6.45) is 0.765. The Morgan fingerprint density at radius 3 is 2.56 bits per heavy atom. The van der Waals surface area contributed by atoms with Gasteiger partial charge in [0.15, 0.2) is 11.3 Å². The molecule has 27 heavy (non-hydrogen) atoms. The third kappa shape index (κ3) is 3.23. The van der Waals surface area contributed by atoms with Crippen LogP contribution in [0.2, 0.25) is 0 Å². The summed E-state index contributed by atoms with van der Waals surface area (Å²) < 4.78 is 8.09. The van der Waals surface area contributed by atoms with Gasteiger partial charge in [-0.05, 0) is 31.0 Å². The predicted molar refractivity (Wildman–Crippen MR) is 105 cm³/mol. The monoisotopic (exact) mass is 429 g/mol. The number of aromatic nitrogens is 4. The van der Waals surface area contributed by atoms with E-state index in [1.807, 2.05) is 31.2 Å². The van der Waals surface area contributed by atoms with Gasteiger partial charge in [-0.15, -0.1) is 10.2 Å². The lowest BCUT2D eigenvalue weighted by molar-refractivity contribution is 0.0297. The highest BCUT2D eigenvalue weighted by Crippen LogP contribution is 2.29. The van der Waals surface area contributed by atoms with Gasteiger partial charge in [-0.1, -0.05) is 35.0 Å². The molecule has 0 radical (unpaired) electrons. The van der Waals surface area contributed by atoms with Crippen molar-refractivity contribution in [3.05, 3.63) is 45.8 Å². The third-order valence-corrected chi connectivity index (χ3v) is 5.34. The number of aryl methyl sites for hydroxylation is 2. The first kappa shape index (κ1) is 18.1. The molecule has 8 heteroatoms. The van der Waals surface area contributed by atoms with Gasteiger partial charge in [0.1, 0.15) is 0 Å². The van der Waals surface area contributed by atoms with Crippen molar-refractivity contribution in [2.24, 2.45) is 0 Å². The minimum atomic E-state index is -0.121. The molecule has 3 aromatic rings. The summed E-state index contributed by atoms with van der Waals surface area (Å²) in [7, 11) is 0. The first-order valence-corrected chi connectivity index (χ1v) is 9.77. The van der Waals surface area contributed by atoms with E-state index in [0.29, 0.717) is 43.3 Å². The molecule has 7 nitrogen and oxygen atoms in total. The van der Waals surface area contributed by atoms with Gasteiger partial charge in [0.2, 0.25) is 0 Å². The van der Waals surface area contributed by atoms with Gasteiger partial charge in [0.25, 0.3) is 5.91 Å². The normalized spacial score (nSPS) is 14.7. The number of morpholine rings is 1. The van der Waals surface area contributed by atoms with Crippen molar-refractivity contribution >= 4 is 27.5 Å². The summed E-state index contributed by atoms with van der Waals surface area (Å²) >= 11 is 3.47. The Bertz CT molecular complexity index is 993. The van der Waals surface area contributed by atoms with Gasteiger partial charge in [-0.3, -0.25) is 4.79 Å². The van der Waals surface area contributed by atoms with Crippen LogP contribution in [0.25, 0.3) is 16.8 Å². The van der Waals surface area contributed by atoms with Crippen molar-refractivity contribution in [2.75, 3.05) is 26.3 Å². The predicted octanol–water partition coefficient (Wildman–Crippen LogP) is 2.90. The van der Waals surface area contributed by atoms with Gasteiger partial charge in [-0.2, -0.15) is 5.10 Å². The van der Waals surface area contributed by atoms with E-state index in [2.05, 4.69) is 33.1 Å². The van der Waals surface area contributed by atoms with Crippen LogP contribution < -0.4 is 0 Å². The van der Waals surface area contributed by atoms with Crippen LogP contribution in [0.3, 0.4) is 0 Å². The zero-order valence-electron chi connectivity index (χ0n) is 15.3. The first-order valence-electron chi connectivity index (χ1n) is 8.98. The lowest BCUT2D eigenvalue weighted by atomic mass is 10.0. The molecule has 0 bridgehead atoms. The number of halogens is 1. The molecule has 1 aliphatic heterocycles. The summed E-state index contributed by atoms with van der Waals surface area (Å²) in [6.45, 7) is 6.18. The summed E-state index contributed by atoms with van der Waals surface area (Å²) in [5.41, 5.74) is 4.65. The lowest BCUT2D eigenvalue weighted by Crippen LogP contribution is -2.41. The summed E-state index contributed by atoms with van der Waals surface area (Å²) in [5.74, 6) is -0.121. The molecule has 0 saturated carbocycles. The molecule has 3 heterocycles. The highest BCUT2D eigenvalue weighted by Gasteiger charge is 2.25. The molecule has 0 unspecified atom stereocenters. The van der Waals surface area contributed by atoms with E-state index in [1.165, 1.54) is 0 Å². The largest absolute Gasteiger partial charge is 0.378 e. The fourth-order valence-corrected chi connectivity index (χ4v) is 3.59. The van der Waals surface area contributed by atoms with Crippen molar-refractivity contribution in [1.82, 2.24) is 24.7 Å². The van der Waals surface area contributed by atoms with Crippen LogP contribution in [-0.4, -0.2) is 56.9 Å². The Kier molecular flexibility index (Phi) is 4.92. The minimum absolute atomic E-state index is 0.121. The van der Waals surface area contributed by atoms with Crippen molar-refractivity contribution in [1.29, 1.82) is 0 Å². The third-order valence-electron chi connectivity index (χ3n) is 4.81. The molecule has 1 saturated heterocycles. The molecular formula is C19H20BrN5O2. The van der Waals surface area contributed by atoms with E-state index in [9.17, 15) is 4.79 Å². The highest BCUT2D eigenvalue weighted by atomic mass is 79.9. The molecular weight excluding hydrogens is 410 g/mol. The zero-order valence-corrected chi connectivity index (χ0v) is 16.9. The van der Waals surface area contributed by atoms with Crippen molar-refractivity contribution in [3.8, 4) is 11.1 Å². The quantitative estimate of drug-likeness (QED) is 0.639. The average molecular weight is 430 g/mol. The summed E-state index contributed by atoms with van der Waals surface area (Å²) in [6, 6.07) is 8.05. The number of rotatable bonds is 3. The molecule has 0 aliphatic carbocycles. The summed E-state index contributed by atoms with van der Waals surface area (Å²) in [4.78, 5) is 14.6. The molecule has 0 N–H and O–H groups in total. The molecule has 0 spiro atoms. The second kappa shape index (κ2) is 7.36. The number of amides is 1. The second-order valence-electron chi connectivity index (χ2n) is 6.46. The van der Waals surface area contributed by atoms with Gasteiger partial charge in [0, 0.05) is 17.6 Å². The average Bonchev–Trinajstić information content (AvgIpc) is 3.09. The van der Waals surface area contributed by atoms with Crippen LogP contribution in [0.15, 0.2) is 28.7 Å². The molecule has 4 rings (SSSR count). The van der Waals surface area contributed by atoms with Crippen LogP contribution in [0.4, 0.5) is 0 Å². The van der Waals surface area contributed by atoms with Gasteiger partial charge in [0.05, 0.1) is 30.2 Å².